The number of allylic oxidation sites excluding steroid dienone is 1. The monoisotopic (exact) mass is 392 g/mol. The van der Waals surface area contributed by atoms with Gasteiger partial charge < -0.3 is 4.43 Å². The van der Waals surface area contributed by atoms with Gasteiger partial charge in [-0.1, -0.05) is 57.2 Å². The van der Waals surface area contributed by atoms with E-state index in [0.717, 1.165) is 28.7 Å². The van der Waals surface area contributed by atoms with Gasteiger partial charge in [0, 0.05) is 11.8 Å². The molecule has 0 fully saturated rings. The molecule has 146 valence electrons. The summed E-state index contributed by atoms with van der Waals surface area (Å²) in [6.45, 7) is 11.2. The van der Waals surface area contributed by atoms with Crippen LogP contribution in [0.1, 0.15) is 43.5 Å². The maximum Gasteiger partial charge on any atom is 0.250 e. The van der Waals surface area contributed by atoms with Crippen molar-refractivity contribution in [3.63, 3.8) is 0 Å². The molecule has 0 N–H and O–H groups in total. The average molecular weight is 393 g/mol. The van der Waals surface area contributed by atoms with Gasteiger partial charge in [0.15, 0.2) is 0 Å². The molecule has 1 heterocycles. The fourth-order valence-corrected chi connectivity index (χ4v) is 3.99. The van der Waals surface area contributed by atoms with Gasteiger partial charge >= 0.3 is 0 Å². The molecule has 0 radical (unpaired) electrons. The van der Waals surface area contributed by atoms with E-state index in [9.17, 15) is 4.79 Å². The van der Waals surface area contributed by atoms with Gasteiger partial charge in [0.2, 0.25) is 8.32 Å². The Morgan fingerprint density at radius 3 is 2.39 bits per heavy atom. The Morgan fingerprint density at radius 1 is 1.07 bits per heavy atom. The fraction of sp³-hybridized carbons (Fsp3) is 0.304. The van der Waals surface area contributed by atoms with Crippen LogP contribution in [0.15, 0.2) is 65.9 Å². The van der Waals surface area contributed by atoms with E-state index in [4.69, 9.17) is 4.43 Å². The SMILES string of the molecule is CC(C)(C)[Si](C)(C)Oc1ccc(C2c3ccccc3C=NN2C=CC=O)cc1. The average Bonchev–Trinajstić information content (AvgIpc) is 2.65. The Balaban J connectivity index is 1.93. The molecule has 1 aliphatic heterocycles. The molecule has 1 aliphatic rings. The largest absolute Gasteiger partial charge is 0.544 e. The number of hydrogen-bond acceptors (Lipinski definition) is 4. The molecule has 5 heteroatoms. The molecule has 0 amide bonds. The van der Waals surface area contributed by atoms with Crippen molar-refractivity contribution < 1.29 is 9.22 Å². The Bertz CT molecular complexity index is 896. The first-order chi connectivity index (χ1) is 13.2. The quantitative estimate of drug-likeness (QED) is 0.382. The molecule has 0 aliphatic carbocycles. The number of benzene rings is 2. The molecule has 2 aromatic carbocycles. The second kappa shape index (κ2) is 7.76. The van der Waals surface area contributed by atoms with Crippen LogP contribution < -0.4 is 4.43 Å². The van der Waals surface area contributed by atoms with Gasteiger partial charge in [0.05, 0.1) is 6.21 Å². The van der Waals surface area contributed by atoms with Gasteiger partial charge in [-0.25, -0.2) is 0 Å². The number of hydrazone groups is 1. The van der Waals surface area contributed by atoms with E-state index in [2.05, 4.69) is 63.2 Å². The highest BCUT2D eigenvalue weighted by molar-refractivity contribution is 6.74. The molecule has 0 saturated carbocycles. The third-order valence-corrected chi connectivity index (χ3v) is 9.94. The molecule has 0 bridgehead atoms. The van der Waals surface area contributed by atoms with Crippen molar-refractivity contribution >= 4 is 20.8 Å². The normalized spacial score (nSPS) is 16.9. The summed E-state index contributed by atoms with van der Waals surface area (Å²) in [4.78, 5) is 10.8. The van der Waals surface area contributed by atoms with Crippen LogP contribution in [-0.2, 0) is 4.79 Å². The number of fused-ring (bicyclic) bond motifs is 1. The molecule has 3 rings (SSSR count). The molecule has 2 aromatic rings. The van der Waals surface area contributed by atoms with E-state index in [1.165, 1.54) is 6.08 Å². The van der Waals surface area contributed by atoms with Gasteiger partial charge in [0.1, 0.15) is 18.1 Å². The second-order valence-corrected chi connectivity index (χ2v) is 13.3. The summed E-state index contributed by atoms with van der Waals surface area (Å²) in [6, 6.07) is 16.4. The molecule has 0 spiro atoms. The van der Waals surface area contributed by atoms with E-state index in [1.54, 1.807) is 6.20 Å². The Morgan fingerprint density at radius 2 is 1.75 bits per heavy atom. The summed E-state index contributed by atoms with van der Waals surface area (Å²) < 4.78 is 6.41. The van der Waals surface area contributed by atoms with Crippen LogP contribution in [0.25, 0.3) is 0 Å². The second-order valence-electron chi connectivity index (χ2n) is 8.57. The molecule has 0 saturated heterocycles. The van der Waals surface area contributed by atoms with Crippen molar-refractivity contribution in [1.29, 1.82) is 0 Å². The summed E-state index contributed by atoms with van der Waals surface area (Å²) >= 11 is 0. The highest BCUT2D eigenvalue weighted by Gasteiger charge is 2.39. The standard InChI is InChI=1S/C23H28N2O2Si/c1-23(2,3)28(4,5)27-20-13-11-18(12-14-20)22-21-10-7-6-9-19(21)17-24-25(22)15-8-16-26/h6-17,22H,1-5H3. The number of rotatable bonds is 5. The number of aldehydes is 1. The summed E-state index contributed by atoms with van der Waals surface area (Å²) in [7, 11) is -1.88. The van der Waals surface area contributed by atoms with Gasteiger partial charge in [-0.15, -0.1) is 0 Å². The van der Waals surface area contributed by atoms with Crippen molar-refractivity contribution in [2.75, 3.05) is 0 Å². The molecular weight excluding hydrogens is 364 g/mol. The van der Waals surface area contributed by atoms with Gasteiger partial charge in [-0.2, -0.15) is 5.10 Å². The third kappa shape index (κ3) is 4.09. The molecule has 4 nitrogen and oxygen atoms in total. The number of nitrogens with zero attached hydrogens (tertiary/aromatic N) is 2. The van der Waals surface area contributed by atoms with Crippen molar-refractivity contribution in [1.82, 2.24) is 5.01 Å². The van der Waals surface area contributed by atoms with Crippen LogP contribution in [0, 0.1) is 0 Å². The van der Waals surface area contributed by atoms with E-state index < -0.39 is 8.32 Å². The smallest absolute Gasteiger partial charge is 0.250 e. The molecular formula is C23H28N2O2Si. The lowest BCUT2D eigenvalue weighted by Crippen LogP contribution is -2.43. The zero-order chi connectivity index (χ0) is 20.4. The van der Waals surface area contributed by atoms with Crippen molar-refractivity contribution in [3.8, 4) is 5.75 Å². The minimum atomic E-state index is -1.88. The lowest BCUT2D eigenvalue weighted by Gasteiger charge is -2.36. The molecule has 0 aromatic heterocycles. The summed E-state index contributed by atoms with van der Waals surface area (Å²) in [5.74, 6) is 0.901. The first-order valence-electron chi connectivity index (χ1n) is 9.55. The first kappa shape index (κ1) is 20.1. The van der Waals surface area contributed by atoms with Crippen LogP contribution in [0.5, 0.6) is 5.75 Å². The van der Waals surface area contributed by atoms with E-state index >= 15 is 0 Å². The number of carbonyl (C=O) groups is 1. The van der Waals surface area contributed by atoms with E-state index in [0.29, 0.717) is 0 Å². The predicted molar refractivity (Wildman–Crippen MR) is 117 cm³/mol. The predicted octanol–water partition coefficient (Wildman–Crippen LogP) is 5.52. The Kier molecular flexibility index (Phi) is 5.56. The topological polar surface area (TPSA) is 41.9 Å². The molecule has 1 atom stereocenters. The van der Waals surface area contributed by atoms with Gasteiger partial charge in [-0.05, 0) is 47.5 Å². The summed E-state index contributed by atoms with van der Waals surface area (Å²) in [5, 5.41) is 6.49. The van der Waals surface area contributed by atoms with Gasteiger partial charge in [-0.3, -0.25) is 9.80 Å². The first-order valence-corrected chi connectivity index (χ1v) is 12.5. The number of carbonyl (C=O) groups excluding carboxylic acids is 1. The zero-order valence-electron chi connectivity index (χ0n) is 17.2. The highest BCUT2D eigenvalue weighted by atomic mass is 28.4. The van der Waals surface area contributed by atoms with Crippen LogP contribution in [-0.4, -0.2) is 25.8 Å². The maximum atomic E-state index is 10.8. The highest BCUT2D eigenvalue weighted by Crippen LogP contribution is 2.38. The van der Waals surface area contributed by atoms with Crippen LogP contribution >= 0.6 is 0 Å². The summed E-state index contributed by atoms with van der Waals surface area (Å²) in [6.07, 6.45) is 5.77. The minimum Gasteiger partial charge on any atom is -0.544 e. The minimum absolute atomic E-state index is 0.0840. The van der Waals surface area contributed by atoms with Crippen LogP contribution in [0.4, 0.5) is 0 Å². The lowest BCUT2D eigenvalue weighted by molar-refractivity contribution is -0.104. The third-order valence-electron chi connectivity index (χ3n) is 5.58. The zero-order valence-corrected chi connectivity index (χ0v) is 18.2. The van der Waals surface area contributed by atoms with Crippen molar-refractivity contribution in [2.24, 2.45) is 5.10 Å². The van der Waals surface area contributed by atoms with Crippen LogP contribution in [0.2, 0.25) is 18.1 Å². The Labute approximate surface area is 168 Å². The summed E-state index contributed by atoms with van der Waals surface area (Å²) in [5.41, 5.74) is 3.35. The van der Waals surface area contributed by atoms with Gasteiger partial charge in [0.25, 0.3) is 0 Å². The van der Waals surface area contributed by atoms with Crippen molar-refractivity contribution in [3.05, 3.63) is 77.5 Å². The van der Waals surface area contributed by atoms with Crippen molar-refractivity contribution in [2.45, 2.75) is 44.9 Å². The molecule has 28 heavy (non-hydrogen) atoms. The number of hydrogen-bond donors (Lipinski definition) is 0. The van der Waals surface area contributed by atoms with E-state index in [1.807, 2.05) is 35.5 Å². The van der Waals surface area contributed by atoms with E-state index in [-0.39, 0.29) is 11.1 Å². The lowest BCUT2D eigenvalue weighted by atomic mass is 9.93. The molecule has 1 unspecified atom stereocenters. The van der Waals surface area contributed by atoms with Crippen LogP contribution in [0.3, 0.4) is 0 Å². The maximum absolute atomic E-state index is 10.8. The fourth-order valence-electron chi connectivity index (χ4n) is 2.96. The Hall–Kier alpha value is -2.66.